The van der Waals surface area contributed by atoms with Gasteiger partial charge in [0.15, 0.2) is 5.82 Å². The SMILES string of the molecule is CCCNC(C)c1nc(-c2ncc[nH]2)no1.Cl. The fourth-order valence-corrected chi connectivity index (χ4v) is 1.34. The number of hydrogen-bond acceptors (Lipinski definition) is 5. The van der Waals surface area contributed by atoms with Crippen LogP contribution in [0.2, 0.25) is 0 Å². The van der Waals surface area contributed by atoms with Crippen LogP contribution in [0.3, 0.4) is 0 Å². The second-order valence-corrected chi connectivity index (χ2v) is 3.57. The summed E-state index contributed by atoms with van der Waals surface area (Å²) in [7, 11) is 0. The zero-order chi connectivity index (χ0) is 11.4. The Bertz CT molecular complexity index is 428. The first-order valence-corrected chi connectivity index (χ1v) is 5.38. The molecule has 94 valence electrons. The Morgan fingerprint density at radius 3 is 3.00 bits per heavy atom. The van der Waals surface area contributed by atoms with E-state index in [1.165, 1.54) is 0 Å². The van der Waals surface area contributed by atoms with E-state index in [-0.39, 0.29) is 18.4 Å². The van der Waals surface area contributed by atoms with Gasteiger partial charge in [-0.1, -0.05) is 12.1 Å². The van der Waals surface area contributed by atoms with Gasteiger partial charge in [-0.15, -0.1) is 12.4 Å². The maximum atomic E-state index is 5.16. The third kappa shape index (κ3) is 3.28. The van der Waals surface area contributed by atoms with Crippen molar-refractivity contribution in [1.82, 2.24) is 25.4 Å². The number of aromatic nitrogens is 4. The van der Waals surface area contributed by atoms with Crippen LogP contribution < -0.4 is 5.32 Å². The van der Waals surface area contributed by atoms with Gasteiger partial charge in [-0.05, 0) is 19.9 Å². The summed E-state index contributed by atoms with van der Waals surface area (Å²) in [6.07, 6.45) is 4.46. The highest BCUT2D eigenvalue weighted by molar-refractivity contribution is 5.85. The quantitative estimate of drug-likeness (QED) is 0.856. The van der Waals surface area contributed by atoms with E-state index in [0.717, 1.165) is 13.0 Å². The van der Waals surface area contributed by atoms with Gasteiger partial charge in [0.2, 0.25) is 11.7 Å². The fraction of sp³-hybridized carbons (Fsp3) is 0.500. The van der Waals surface area contributed by atoms with E-state index in [2.05, 4.69) is 32.3 Å². The fourth-order valence-electron chi connectivity index (χ4n) is 1.34. The third-order valence-electron chi connectivity index (χ3n) is 2.22. The smallest absolute Gasteiger partial charge is 0.243 e. The van der Waals surface area contributed by atoms with Crippen LogP contribution >= 0.6 is 12.4 Å². The zero-order valence-corrected chi connectivity index (χ0v) is 10.6. The molecule has 17 heavy (non-hydrogen) atoms. The highest BCUT2D eigenvalue weighted by Crippen LogP contribution is 2.14. The molecular weight excluding hydrogens is 242 g/mol. The van der Waals surface area contributed by atoms with Crippen LogP contribution in [0.25, 0.3) is 11.6 Å². The van der Waals surface area contributed by atoms with Crippen molar-refractivity contribution in [2.45, 2.75) is 26.3 Å². The Morgan fingerprint density at radius 1 is 1.53 bits per heavy atom. The first-order valence-electron chi connectivity index (χ1n) is 5.38. The molecule has 0 bridgehead atoms. The molecule has 0 radical (unpaired) electrons. The molecule has 1 unspecified atom stereocenters. The van der Waals surface area contributed by atoms with Gasteiger partial charge in [-0.25, -0.2) is 4.98 Å². The maximum absolute atomic E-state index is 5.16. The van der Waals surface area contributed by atoms with Crippen LogP contribution in [-0.4, -0.2) is 26.7 Å². The molecular formula is C10H16ClN5O. The van der Waals surface area contributed by atoms with Crippen molar-refractivity contribution >= 4 is 12.4 Å². The summed E-state index contributed by atoms with van der Waals surface area (Å²) in [6, 6.07) is 0.0659. The third-order valence-corrected chi connectivity index (χ3v) is 2.22. The van der Waals surface area contributed by atoms with Crippen molar-refractivity contribution in [2.24, 2.45) is 0 Å². The van der Waals surface area contributed by atoms with Crippen LogP contribution in [0.4, 0.5) is 0 Å². The second kappa shape index (κ2) is 6.36. The van der Waals surface area contributed by atoms with Crippen LogP contribution in [0.15, 0.2) is 16.9 Å². The second-order valence-electron chi connectivity index (χ2n) is 3.57. The van der Waals surface area contributed by atoms with Gasteiger partial charge >= 0.3 is 0 Å². The molecule has 0 aliphatic carbocycles. The van der Waals surface area contributed by atoms with Crippen molar-refractivity contribution in [3.05, 3.63) is 18.3 Å². The summed E-state index contributed by atoms with van der Waals surface area (Å²) in [5, 5.41) is 7.15. The van der Waals surface area contributed by atoms with Crippen LogP contribution in [0.5, 0.6) is 0 Å². The van der Waals surface area contributed by atoms with E-state index in [1.807, 2.05) is 6.92 Å². The number of hydrogen-bond donors (Lipinski definition) is 2. The van der Waals surface area contributed by atoms with E-state index in [1.54, 1.807) is 12.4 Å². The predicted octanol–water partition coefficient (Wildman–Crippen LogP) is 1.94. The van der Waals surface area contributed by atoms with Gasteiger partial charge in [0.05, 0.1) is 6.04 Å². The molecule has 0 aromatic carbocycles. The molecule has 2 heterocycles. The van der Waals surface area contributed by atoms with Crippen molar-refractivity contribution < 1.29 is 4.52 Å². The molecule has 0 aliphatic heterocycles. The lowest BCUT2D eigenvalue weighted by atomic mass is 10.3. The summed E-state index contributed by atoms with van der Waals surface area (Å²) < 4.78 is 5.16. The first kappa shape index (κ1) is 13.7. The number of H-pyrrole nitrogens is 1. The normalized spacial score (nSPS) is 12.1. The van der Waals surface area contributed by atoms with E-state index < -0.39 is 0 Å². The molecule has 0 fully saturated rings. The largest absolute Gasteiger partial charge is 0.342 e. The summed E-state index contributed by atoms with van der Waals surface area (Å²) in [5.74, 6) is 1.70. The molecule has 1 atom stereocenters. The number of nitrogens with zero attached hydrogens (tertiary/aromatic N) is 3. The average Bonchev–Trinajstić information content (AvgIpc) is 2.94. The number of imidazole rings is 1. The minimum Gasteiger partial charge on any atom is -0.342 e. The Kier molecular flexibility index (Phi) is 5.11. The molecule has 0 spiro atoms. The van der Waals surface area contributed by atoms with Crippen LogP contribution in [0, 0.1) is 0 Å². The van der Waals surface area contributed by atoms with E-state index in [0.29, 0.717) is 17.5 Å². The van der Waals surface area contributed by atoms with Gasteiger partial charge < -0.3 is 14.8 Å². The summed E-state index contributed by atoms with van der Waals surface area (Å²) >= 11 is 0. The van der Waals surface area contributed by atoms with Crippen LogP contribution in [0.1, 0.15) is 32.2 Å². The first-order chi connectivity index (χ1) is 7.81. The molecule has 0 amide bonds. The minimum absolute atomic E-state index is 0. The molecule has 6 nitrogen and oxygen atoms in total. The Hall–Kier alpha value is -1.40. The standard InChI is InChI=1S/C10H15N5O.ClH/c1-3-4-11-7(2)10-14-9(15-16-10)8-12-5-6-13-8;/h5-7,11H,3-4H2,1-2H3,(H,12,13);1H. The molecule has 0 aliphatic rings. The van der Waals surface area contributed by atoms with Gasteiger partial charge in [0.1, 0.15) is 0 Å². The molecule has 2 rings (SSSR count). The predicted molar refractivity (Wildman–Crippen MR) is 65.8 cm³/mol. The number of nitrogens with one attached hydrogen (secondary N) is 2. The maximum Gasteiger partial charge on any atom is 0.243 e. The molecule has 7 heteroatoms. The molecule has 2 aromatic heterocycles. The van der Waals surface area contributed by atoms with E-state index in [9.17, 15) is 0 Å². The highest BCUT2D eigenvalue weighted by atomic mass is 35.5. The monoisotopic (exact) mass is 257 g/mol. The Morgan fingerprint density at radius 2 is 2.35 bits per heavy atom. The number of aromatic amines is 1. The van der Waals surface area contributed by atoms with Gasteiger partial charge in [0.25, 0.3) is 0 Å². The van der Waals surface area contributed by atoms with Crippen molar-refractivity contribution in [3.63, 3.8) is 0 Å². The van der Waals surface area contributed by atoms with E-state index in [4.69, 9.17) is 4.52 Å². The summed E-state index contributed by atoms with van der Waals surface area (Å²) in [4.78, 5) is 11.3. The summed E-state index contributed by atoms with van der Waals surface area (Å²) in [5.41, 5.74) is 0. The lowest BCUT2D eigenvalue weighted by molar-refractivity contribution is 0.340. The molecule has 0 saturated carbocycles. The highest BCUT2D eigenvalue weighted by Gasteiger charge is 2.15. The average molecular weight is 258 g/mol. The molecule has 2 N–H and O–H groups in total. The molecule has 2 aromatic rings. The number of halogens is 1. The lowest BCUT2D eigenvalue weighted by Gasteiger charge is -2.06. The van der Waals surface area contributed by atoms with Gasteiger partial charge in [-0.3, -0.25) is 0 Å². The van der Waals surface area contributed by atoms with Crippen molar-refractivity contribution in [1.29, 1.82) is 0 Å². The van der Waals surface area contributed by atoms with Gasteiger partial charge in [0, 0.05) is 12.4 Å². The lowest BCUT2D eigenvalue weighted by Crippen LogP contribution is -2.19. The summed E-state index contributed by atoms with van der Waals surface area (Å²) in [6.45, 7) is 5.04. The van der Waals surface area contributed by atoms with Crippen molar-refractivity contribution in [2.75, 3.05) is 6.54 Å². The minimum atomic E-state index is 0. The van der Waals surface area contributed by atoms with Gasteiger partial charge in [-0.2, -0.15) is 4.98 Å². The van der Waals surface area contributed by atoms with Crippen molar-refractivity contribution in [3.8, 4) is 11.6 Å². The zero-order valence-electron chi connectivity index (χ0n) is 9.80. The topological polar surface area (TPSA) is 79.6 Å². The Balaban J connectivity index is 0.00000144. The number of rotatable bonds is 5. The molecule has 0 saturated heterocycles. The van der Waals surface area contributed by atoms with E-state index >= 15 is 0 Å². The Labute approximate surface area is 106 Å². The van der Waals surface area contributed by atoms with Crippen LogP contribution in [-0.2, 0) is 0 Å².